The molecule has 0 aliphatic carbocycles. The Morgan fingerprint density at radius 2 is 2.00 bits per heavy atom. The SMILES string of the molecule is Cc1cccc(OCC(=O)N/N=C\c2c(C)nn(Cc3ccccc3)c2Cl)c1. The number of rotatable bonds is 7. The van der Waals surface area contributed by atoms with E-state index in [1.165, 1.54) is 6.21 Å². The second kappa shape index (κ2) is 9.19. The van der Waals surface area contributed by atoms with E-state index >= 15 is 0 Å². The van der Waals surface area contributed by atoms with E-state index < -0.39 is 0 Å². The average Bonchev–Trinajstić information content (AvgIpc) is 2.94. The van der Waals surface area contributed by atoms with Crippen LogP contribution in [0.2, 0.25) is 5.15 Å². The fourth-order valence-electron chi connectivity index (χ4n) is 2.63. The average molecular weight is 397 g/mol. The zero-order valence-electron chi connectivity index (χ0n) is 15.7. The Balaban J connectivity index is 1.57. The van der Waals surface area contributed by atoms with Crippen molar-refractivity contribution < 1.29 is 9.53 Å². The van der Waals surface area contributed by atoms with Crippen LogP contribution in [0.5, 0.6) is 5.75 Å². The minimum Gasteiger partial charge on any atom is -0.484 e. The number of halogens is 1. The van der Waals surface area contributed by atoms with Gasteiger partial charge in [-0.1, -0.05) is 54.1 Å². The van der Waals surface area contributed by atoms with Gasteiger partial charge in [0.1, 0.15) is 10.9 Å². The minimum atomic E-state index is -0.358. The summed E-state index contributed by atoms with van der Waals surface area (Å²) in [7, 11) is 0. The first-order chi connectivity index (χ1) is 13.5. The molecule has 0 fully saturated rings. The van der Waals surface area contributed by atoms with Gasteiger partial charge in [0.05, 0.1) is 24.0 Å². The van der Waals surface area contributed by atoms with Gasteiger partial charge in [0.2, 0.25) is 0 Å². The van der Waals surface area contributed by atoms with Gasteiger partial charge in [-0.15, -0.1) is 0 Å². The number of carbonyl (C=O) groups excluding carboxylic acids is 1. The molecular formula is C21H21ClN4O2. The molecule has 3 aromatic rings. The Kier molecular flexibility index (Phi) is 6.45. The number of nitrogens with zero attached hydrogens (tertiary/aromatic N) is 3. The second-order valence-electron chi connectivity index (χ2n) is 6.33. The first-order valence-corrected chi connectivity index (χ1v) is 9.19. The first-order valence-electron chi connectivity index (χ1n) is 8.81. The maximum absolute atomic E-state index is 11.9. The van der Waals surface area contributed by atoms with Crippen molar-refractivity contribution in [2.24, 2.45) is 5.10 Å². The Labute approximate surface area is 168 Å². The third-order valence-corrected chi connectivity index (χ3v) is 4.43. The highest BCUT2D eigenvalue weighted by Gasteiger charge is 2.12. The largest absolute Gasteiger partial charge is 0.484 e. The van der Waals surface area contributed by atoms with Crippen molar-refractivity contribution >= 4 is 23.7 Å². The van der Waals surface area contributed by atoms with Crippen LogP contribution in [0.1, 0.15) is 22.4 Å². The summed E-state index contributed by atoms with van der Waals surface area (Å²) in [4.78, 5) is 11.9. The molecule has 3 rings (SSSR count). The van der Waals surface area contributed by atoms with Crippen molar-refractivity contribution in [1.82, 2.24) is 15.2 Å². The molecule has 1 amide bonds. The van der Waals surface area contributed by atoms with Crippen molar-refractivity contribution in [2.45, 2.75) is 20.4 Å². The van der Waals surface area contributed by atoms with E-state index in [4.69, 9.17) is 16.3 Å². The quantitative estimate of drug-likeness (QED) is 0.488. The molecule has 1 N–H and O–H groups in total. The Morgan fingerprint density at radius 3 is 2.75 bits per heavy atom. The summed E-state index contributed by atoms with van der Waals surface area (Å²) >= 11 is 6.42. The van der Waals surface area contributed by atoms with E-state index in [0.717, 1.165) is 16.8 Å². The number of aryl methyl sites for hydroxylation is 2. The highest BCUT2D eigenvalue weighted by molar-refractivity contribution is 6.32. The smallest absolute Gasteiger partial charge is 0.277 e. The number of nitrogens with one attached hydrogen (secondary N) is 1. The molecule has 0 bridgehead atoms. The maximum Gasteiger partial charge on any atom is 0.277 e. The van der Waals surface area contributed by atoms with E-state index in [2.05, 4.69) is 15.6 Å². The molecule has 0 saturated carbocycles. The predicted octanol–water partition coefficient (Wildman–Crippen LogP) is 3.73. The van der Waals surface area contributed by atoms with Crippen LogP contribution in [0, 0.1) is 13.8 Å². The lowest BCUT2D eigenvalue weighted by Crippen LogP contribution is -2.24. The molecule has 0 saturated heterocycles. The van der Waals surface area contributed by atoms with Crippen LogP contribution in [0.15, 0.2) is 59.7 Å². The summed E-state index contributed by atoms with van der Waals surface area (Å²) in [5.74, 6) is 0.281. The predicted molar refractivity (Wildman–Crippen MR) is 110 cm³/mol. The van der Waals surface area contributed by atoms with Crippen LogP contribution in [0.25, 0.3) is 0 Å². The summed E-state index contributed by atoms with van der Waals surface area (Å²) in [6, 6.07) is 17.4. The molecule has 2 aromatic carbocycles. The van der Waals surface area contributed by atoms with E-state index in [0.29, 0.717) is 23.0 Å². The fourth-order valence-corrected chi connectivity index (χ4v) is 2.91. The van der Waals surface area contributed by atoms with Crippen molar-refractivity contribution in [3.63, 3.8) is 0 Å². The molecule has 1 heterocycles. The zero-order valence-corrected chi connectivity index (χ0v) is 16.5. The number of hydrazone groups is 1. The van der Waals surface area contributed by atoms with Crippen LogP contribution < -0.4 is 10.2 Å². The number of carbonyl (C=O) groups is 1. The third kappa shape index (κ3) is 5.20. The van der Waals surface area contributed by atoms with Gasteiger partial charge < -0.3 is 4.74 Å². The lowest BCUT2D eigenvalue weighted by molar-refractivity contribution is -0.123. The summed E-state index contributed by atoms with van der Waals surface area (Å²) in [5.41, 5.74) is 5.99. The van der Waals surface area contributed by atoms with Gasteiger partial charge in [0, 0.05) is 0 Å². The Bertz CT molecular complexity index is 983. The van der Waals surface area contributed by atoms with Crippen LogP contribution in [0.3, 0.4) is 0 Å². The van der Waals surface area contributed by atoms with E-state index in [1.54, 1.807) is 10.7 Å². The molecule has 0 unspecified atom stereocenters. The molecule has 7 heteroatoms. The number of hydrogen-bond donors (Lipinski definition) is 1. The zero-order chi connectivity index (χ0) is 19.9. The molecule has 0 aliphatic rings. The summed E-state index contributed by atoms with van der Waals surface area (Å²) in [6.07, 6.45) is 1.50. The van der Waals surface area contributed by atoms with E-state index in [-0.39, 0.29) is 12.5 Å². The lowest BCUT2D eigenvalue weighted by atomic mass is 10.2. The van der Waals surface area contributed by atoms with E-state index in [1.807, 2.05) is 62.4 Å². The molecule has 0 radical (unpaired) electrons. The molecule has 144 valence electrons. The Morgan fingerprint density at radius 1 is 1.21 bits per heavy atom. The van der Waals surface area contributed by atoms with Crippen LogP contribution in [-0.4, -0.2) is 28.5 Å². The number of hydrogen-bond acceptors (Lipinski definition) is 4. The summed E-state index contributed by atoms with van der Waals surface area (Å²) in [6.45, 7) is 4.24. The number of ether oxygens (including phenoxy) is 1. The molecule has 28 heavy (non-hydrogen) atoms. The van der Waals surface area contributed by atoms with Crippen molar-refractivity contribution in [3.8, 4) is 5.75 Å². The normalized spacial score (nSPS) is 11.0. The summed E-state index contributed by atoms with van der Waals surface area (Å²) < 4.78 is 7.15. The number of benzene rings is 2. The monoisotopic (exact) mass is 396 g/mol. The molecule has 0 aliphatic heterocycles. The fraction of sp³-hybridized carbons (Fsp3) is 0.190. The van der Waals surface area contributed by atoms with Gasteiger partial charge in [-0.3, -0.25) is 4.79 Å². The van der Waals surface area contributed by atoms with E-state index in [9.17, 15) is 4.79 Å². The highest BCUT2D eigenvalue weighted by atomic mass is 35.5. The second-order valence-corrected chi connectivity index (χ2v) is 6.69. The van der Waals surface area contributed by atoms with Gasteiger partial charge >= 0.3 is 0 Å². The molecule has 0 atom stereocenters. The van der Waals surface area contributed by atoms with Gasteiger partial charge in [-0.25, -0.2) is 10.1 Å². The topological polar surface area (TPSA) is 68.5 Å². The maximum atomic E-state index is 11.9. The van der Waals surface area contributed by atoms with Gasteiger partial charge in [0.25, 0.3) is 5.91 Å². The molecule has 0 spiro atoms. The molecule has 1 aromatic heterocycles. The van der Waals surface area contributed by atoms with Crippen LogP contribution in [0.4, 0.5) is 0 Å². The highest BCUT2D eigenvalue weighted by Crippen LogP contribution is 2.19. The number of amides is 1. The minimum absolute atomic E-state index is 0.124. The molecular weight excluding hydrogens is 376 g/mol. The van der Waals surface area contributed by atoms with Crippen LogP contribution in [-0.2, 0) is 11.3 Å². The standard InChI is InChI=1S/C21H21ClN4O2/c1-15-7-6-10-18(11-15)28-14-20(27)24-23-12-19-16(2)25-26(21(19)22)13-17-8-4-3-5-9-17/h3-12H,13-14H2,1-2H3,(H,24,27)/b23-12-. The van der Waals surface area contributed by atoms with Gasteiger partial charge in [-0.2, -0.15) is 10.2 Å². The van der Waals surface area contributed by atoms with Crippen molar-refractivity contribution in [2.75, 3.05) is 6.61 Å². The van der Waals surface area contributed by atoms with Crippen LogP contribution >= 0.6 is 11.6 Å². The lowest BCUT2D eigenvalue weighted by Gasteiger charge is -2.05. The summed E-state index contributed by atoms with van der Waals surface area (Å²) in [5, 5.41) is 8.88. The van der Waals surface area contributed by atoms with Gasteiger partial charge in [0.15, 0.2) is 6.61 Å². The third-order valence-electron chi connectivity index (χ3n) is 4.03. The van der Waals surface area contributed by atoms with Gasteiger partial charge in [-0.05, 0) is 37.1 Å². The van der Waals surface area contributed by atoms with Crippen molar-refractivity contribution in [1.29, 1.82) is 0 Å². The first kappa shape index (κ1) is 19.6. The number of aromatic nitrogens is 2. The van der Waals surface area contributed by atoms with Crippen molar-refractivity contribution in [3.05, 3.63) is 82.1 Å². The molecule has 6 nitrogen and oxygen atoms in total. The Hall–Kier alpha value is -3.12.